The quantitative estimate of drug-likeness (QED) is 0.250. The van der Waals surface area contributed by atoms with Crippen LogP contribution in [0.3, 0.4) is 0 Å². The molecule has 0 aliphatic carbocycles. The van der Waals surface area contributed by atoms with Gasteiger partial charge in [-0.1, -0.05) is 0 Å². The van der Waals surface area contributed by atoms with Gasteiger partial charge in [0.25, 0.3) is 0 Å². The number of fused-ring (bicyclic) bond motifs is 1. The van der Waals surface area contributed by atoms with E-state index < -0.39 is 46.8 Å². The molecule has 3 heterocycles. The largest absolute Gasteiger partial charge is 0.470 e. The van der Waals surface area contributed by atoms with E-state index in [4.69, 9.17) is 30.0 Å². The van der Waals surface area contributed by atoms with Crippen LogP contribution in [0.15, 0.2) is 12.7 Å². The number of phosphoric acid groups is 2. The Kier molecular flexibility index (Phi) is 6.54. The van der Waals surface area contributed by atoms with Crippen molar-refractivity contribution < 1.29 is 53.1 Å². The van der Waals surface area contributed by atoms with Gasteiger partial charge in [0, 0.05) is 0 Å². The second-order valence-electron chi connectivity index (χ2n) is 5.49. The highest BCUT2D eigenvalue weighted by atomic mass is 31.2. The molecule has 9 N–H and O–H groups in total. The number of imidazole rings is 1. The fourth-order valence-corrected chi connectivity index (χ4v) is 3.52. The fourth-order valence-electron chi connectivity index (χ4n) is 2.60. The number of rotatable bonds is 6. The standard InChI is InChI=1S/C10H15N5O10P2.H2O/c11-8-5-9(13-2-12-8)15(3-14-5)10-6(16)7(25-27(20,21)22)4(24-10)1-23-26(17,18)19;/h2-4,6-7,10,16H,1H2,(H2,11,12,13)(H2,17,18,19)(H2,20,21,22);1H2/t4-,6-,7-,10-;/m1./s1. The van der Waals surface area contributed by atoms with E-state index in [0.717, 1.165) is 6.33 Å². The SMILES string of the molecule is Nc1ncnc2c1ncn2[C@@H]1O[C@H](COP(=O)(O)O)[C@@H](OP(=O)(O)O)[C@H]1O.O. The molecule has 28 heavy (non-hydrogen) atoms. The van der Waals surface area contributed by atoms with Gasteiger partial charge in [0.2, 0.25) is 0 Å². The molecule has 0 radical (unpaired) electrons. The zero-order valence-corrected chi connectivity index (χ0v) is 15.5. The van der Waals surface area contributed by atoms with E-state index in [1.165, 1.54) is 10.9 Å². The molecule has 2 aromatic rings. The van der Waals surface area contributed by atoms with Gasteiger partial charge >= 0.3 is 15.6 Å². The van der Waals surface area contributed by atoms with E-state index in [9.17, 15) is 14.2 Å². The molecule has 2 aromatic heterocycles. The van der Waals surface area contributed by atoms with Crippen LogP contribution >= 0.6 is 15.6 Å². The van der Waals surface area contributed by atoms with Crippen LogP contribution in [0.4, 0.5) is 5.82 Å². The van der Waals surface area contributed by atoms with E-state index in [1.54, 1.807) is 0 Å². The summed E-state index contributed by atoms with van der Waals surface area (Å²) in [4.78, 5) is 47.4. The Morgan fingerprint density at radius 3 is 2.46 bits per heavy atom. The van der Waals surface area contributed by atoms with Crippen molar-refractivity contribution in [2.45, 2.75) is 24.5 Å². The molecule has 0 aromatic carbocycles. The van der Waals surface area contributed by atoms with E-state index in [-0.39, 0.29) is 22.5 Å². The molecule has 1 saturated heterocycles. The average Bonchev–Trinajstić information content (AvgIpc) is 3.07. The third-order valence-corrected chi connectivity index (χ3v) is 4.64. The Morgan fingerprint density at radius 1 is 1.18 bits per heavy atom. The number of ether oxygens (including phenoxy) is 1. The van der Waals surface area contributed by atoms with E-state index >= 15 is 0 Å². The molecular formula is C10H17N5O11P2. The maximum Gasteiger partial charge on any atom is 0.470 e. The molecule has 18 heteroatoms. The van der Waals surface area contributed by atoms with Crippen LogP contribution in [0.2, 0.25) is 0 Å². The number of aliphatic hydroxyl groups excluding tert-OH is 1. The number of phosphoric ester groups is 2. The number of aliphatic hydroxyl groups is 1. The first-order chi connectivity index (χ1) is 12.5. The molecule has 0 unspecified atom stereocenters. The molecule has 1 aliphatic heterocycles. The summed E-state index contributed by atoms with van der Waals surface area (Å²) in [6.07, 6.45) is -3.75. The van der Waals surface area contributed by atoms with Gasteiger partial charge in [0.1, 0.15) is 30.2 Å². The third-order valence-electron chi connectivity index (χ3n) is 3.64. The number of nitrogens with zero attached hydrogens (tertiary/aromatic N) is 4. The molecule has 0 amide bonds. The van der Waals surface area contributed by atoms with Crippen LogP contribution < -0.4 is 5.73 Å². The van der Waals surface area contributed by atoms with Crippen molar-refractivity contribution in [1.82, 2.24) is 19.5 Å². The zero-order chi connectivity index (χ0) is 20.0. The van der Waals surface area contributed by atoms with Crippen LogP contribution in [-0.4, -0.2) is 74.6 Å². The first-order valence-electron chi connectivity index (χ1n) is 7.17. The van der Waals surface area contributed by atoms with E-state index in [2.05, 4.69) is 24.0 Å². The lowest BCUT2D eigenvalue weighted by Crippen LogP contribution is -2.35. The third kappa shape index (κ3) is 4.89. The average molecular weight is 445 g/mol. The zero-order valence-electron chi connectivity index (χ0n) is 13.7. The Hall–Kier alpha value is -1.55. The highest BCUT2D eigenvalue weighted by molar-refractivity contribution is 7.46. The summed E-state index contributed by atoms with van der Waals surface area (Å²) in [7, 11) is -9.98. The molecule has 1 aliphatic rings. The molecule has 3 rings (SSSR count). The predicted octanol–water partition coefficient (Wildman–Crippen LogP) is -2.57. The van der Waals surface area contributed by atoms with Gasteiger partial charge < -0.3 is 40.6 Å². The van der Waals surface area contributed by atoms with Crippen molar-refractivity contribution in [2.24, 2.45) is 0 Å². The van der Waals surface area contributed by atoms with Gasteiger partial charge in [-0.15, -0.1) is 0 Å². The van der Waals surface area contributed by atoms with Crippen molar-refractivity contribution in [1.29, 1.82) is 0 Å². The first-order valence-corrected chi connectivity index (χ1v) is 10.2. The molecule has 0 spiro atoms. The minimum Gasteiger partial charge on any atom is -0.412 e. The number of nitrogens with two attached hydrogens (primary N) is 1. The molecule has 1 fully saturated rings. The van der Waals surface area contributed by atoms with E-state index in [0.29, 0.717) is 0 Å². The first kappa shape index (κ1) is 22.7. The predicted molar refractivity (Wildman–Crippen MR) is 88.2 cm³/mol. The monoisotopic (exact) mass is 445 g/mol. The summed E-state index contributed by atoms with van der Waals surface area (Å²) >= 11 is 0. The van der Waals surface area contributed by atoms with Crippen LogP contribution in [0.5, 0.6) is 0 Å². The second kappa shape index (κ2) is 8.06. The lowest BCUT2D eigenvalue weighted by molar-refractivity contribution is -0.0502. The Morgan fingerprint density at radius 2 is 1.86 bits per heavy atom. The summed E-state index contributed by atoms with van der Waals surface area (Å²) in [6.45, 7) is -0.813. The van der Waals surface area contributed by atoms with Crippen LogP contribution in [0.1, 0.15) is 6.23 Å². The van der Waals surface area contributed by atoms with Crippen molar-refractivity contribution in [3.8, 4) is 0 Å². The van der Waals surface area contributed by atoms with Crippen molar-refractivity contribution in [3.05, 3.63) is 12.7 Å². The van der Waals surface area contributed by atoms with Crippen molar-refractivity contribution in [2.75, 3.05) is 12.3 Å². The molecular weight excluding hydrogens is 428 g/mol. The topological polar surface area (TPSA) is 264 Å². The van der Waals surface area contributed by atoms with E-state index in [1.807, 2.05) is 0 Å². The molecule has 4 atom stereocenters. The van der Waals surface area contributed by atoms with Crippen LogP contribution in [0, 0.1) is 0 Å². The van der Waals surface area contributed by atoms with Crippen molar-refractivity contribution in [3.63, 3.8) is 0 Å². The molecule has 0 bridgehead atoms. The Bertz CT molecular complexity index is 928. The Labute approximate surface area is 155 Å². The van der Waals surface area contributed by atoms with Gasteiger partial charge in [-0.25, -0.2) is 24.1 Å². The molecule has 158 valence electrons. The fraction of sp³-hybridized carbons (Fsp3) is 0.500. The number of nitrogen functional groups attached to an aromatic ring is 1. The van der Waals surface area contributed by atoms with Gasteiger partial charge in [-0.3, -0.25) is 13.6 Å². The normalized spacial score (nSPS) is 25.8. The van der Waals surface area contributed by atoms with Crippen LogP contribution in [-0.2, 0) is 22.9 Å². The second-order valence-corrected chi connectivity index (χ2v) is 7.92. The number of aromatic nitrogens is 4. The smallest absolute Gasteiger partial charge is 0.412 e. The highest BCUT2D eigenvalue weighted by Crippen LogP contribution is 2.45. The maximum atomic E-state index is 11.2. The number of hydrogen-bond acceptors (Lipinski definition) is 10. The summed E-state index contributed by atoms with van der Waals surface area (Å²) in [5.41, 5.74) is 6.01. The Balaban J connectivity index is 0.00000280. The lowest BCUT2D eigenvalue weighted by atomic mass is 10.1. The van der Waals surface area contributed by atoms with Gasteiger partial charge in [0.15, 0.2) is 17.7 Å². The highest BCUT2D eigenvalue weighted by Gasteiger charge is 2.49. The minimum atomic E-state index is -5.07. The van der Waals surface area contributed by atoms with Gasteiger partial charge in [-0.2, -0.15) is 0 Å². The van der Waals surface area contributed by atoms with Crippen molar-refractivity contribution >= 4 is 32.6 Å². The number of anilines is 1. The number of hydrogen-bond donors (Lipinski definition) is 6. The molecule has 16 nitrogen and oxygen atoms in total. The summed E-state index contributed by atoms with van der Waals surface area (Å²) in [5, 5.41) is 10.4. The summed E-state index contributed by atoms with van der Waals surface area (Å²) < 4.78 is 37.6. The minimum absolute atomic E-state index is 0. The summed E-state index contributed by atoms with van der Waals surface area (Å²) in [6, 6.07) is 0. The lowest BCUT2D eigenvalue weighted by Gasteiger charge is -2.20. The van der Waals surface area contributed by atoms with Gasteiger partial charge in [0.05, 0.1) is 12.9 Å². The summed E-state index contributed by atoms with van der Waals surface area (Å²) in [5.74, 6) is 0.0515. The molecule has 0 saturated carbocycles. The van der Waals surface area contributed by atoms with Crippen LogP contribution in [0.25, 0.3) is 11.2 Å². The van der Waals surface area contributed by atoms with Gasteiger partial charge in [-0.05, 0) is 0 Å². The maximum absolute atomic E-state index is 11.2.